The molecule has 0 amide bonds. The number of nitrogens with zero attached hydrogens (tertiary/aromatic N) is 2. The molecule has 1 unspecified atom stereocenters. The lowest BCUT2D eigenvalue weighted by atomic mass is 10.2. The van der Waals surface area contributed by atoms with Crippen molar-refractivity contribution in [3.63, 3.8) is 0 Å². The second kappa shape index (κ2) is 5.58. The Bertz CT molecular complexity index is 205. The lowest BCUT2D eigenvalue weighted by Crippen LogP contribution is -2.44. The Kier molecular flexibility index (Phi) is 4.11. The van der Waals surface area contributed by atoms with Gasteiger partial charge in [0.15, 0.2) is 0 Å². The topological polar surface area (TPSA) is 32.8 Å². The minimum atomic E-state index is 0.676. The molecule has 4 nitrogen and oxygen atoms in total. The average Bonchev–Trinajstić information content (AvgIpc) is 2.76. The van der Waals surface area contributed by atoms with Crippen molar-refractivity contribution in [2.24, 2.45) is 0 Å². The first-order valence-corrected chi connectivity index (χ1v) is 5.88. The standard InChI is InChI=1S/C11H20N2O2/c14-7-1-3-12-4-2-11(10-12)13-5-8-15-9-6-13/h7,11H,1-6,8-10H2. The Hall–Kier alpha value is -0.450. The van der Waals surface area contributed by atoms with Crippen molar-refractivity contribution in [2.75, 3.05) is 45.9 Å². The van der Waals surface area contributed by atoms with Gasteiger partial charge in [-0.15, -0.1) is 0 Å². The lowest BCUT2D eigenvalue weighted by Gasteiger charge is -2.32. The average molecular weight is 212 g/mol. The largest absolute Gasteiger partial charge is 0.379 e. The van der Waals surface area contributed by atoms with E-state index in [9.17, 15) is 4.79 Å². The van der Waals surface area contributed by atoms with Crippen LogP contribution in [0.25, 0.3) is 0 Å². The molecule has 2 aliphatic heterocycles. The molecule has 0 radical (unpaired) electrons. The van der Waals surface area contributed by atoms with Gasteiger partial charge >= 0.3 is 0 Å². The van der Waals surface area contributed by atoms with Gasteiger partial charge in [0.05, 0.1) is 13.2 Å². The quantitative estimate of drug-likeness (QED) is 0.613. The Morgan fingerprint density at radius 1 is 1.27 bits per heavy atom. The third-order valence-electron chi connectivity index (χ3n) is 3.37. The molecule has 1 atom stereocenters. The zero-order valence-electron chi connectivity index (χ0n) is 9.23. The SMILES string of the molecule is O=CCCN1CCC(N2CCOCC2)C1. The first-order valence-electron chi connectivity index (χ1n) is 5.88. The molecule has 2 saturated heterocycles. The molecule has 15 heavy (non-hydrogen) atoms. The second-order valence-electron chi connectivity index (χ2n) is 4.35. The van der Waals surface area contributed by atoms with Gasteiger partial charge in [0, 0.05) is 38.6 Å². The zero-order valence-corrected chi connectivity index (χ0v) is 9.23. The van der Waals surface area contributed by atoms with E-state index in [-0.39, 0.29) is 0 Å². The molecule has 0 spiro atoms. The maximum absolute atomic E-state index is 10.3. The third kappa shape index (κ3) is 3.00. The molecule has 0 aliphatic carbocycles. The summed E-state index contributed by atoms with van der Waals surface area (Å²) in [7, 11) is 0. The van der Waals surface area contributed by atoms with E-state index >= 15 is 0 Å². The van der Waals surface area contributed by atoms with Gasteiger partial charge in [0.2, 0.25) is 0 Å². The zero-order chi connectivity index (χ0) is 10.5. The number of carbonyl (C=O) groups is 1. The lowest BCUT2D eigenvalue weighted by molar-refractivity contribution is -0.108. The summed E-state index contributed by atoms with van der Waals surface area (Å²) in [5.74, 6) is 0. The van der Waals surface area contributed by atoms with Crippen LogP contribution in [0.15, 0.2) is 0 Å². The minimum Gasteiger partial charge on any atom is -0.379 e. The molecule has 0 aromatic rings. The van der Waals surface area contributed by atoms with Gasteiger partial charge in [-0.25, -0.2) is 0 Å². The Labute approximate surface area is 91.2 Å². The van der Waals surface area contributed by atoms with E-state index in [0.717, 1.165) is 52.2 Å². The summed E-state index contributed by atoms with van der Waals surface area (Å²) in [6.45, 7) is 7.13. The highest BCUT2D eigenvalue weighted by molar-refractivity contribution is 5.49. The van der Waals surface area contributed by atoms with Crippen LogP contribution >= 0.6 is 0 Å². The van der Waals surface area contributed by atoms with Crippen LogP contribution in [0, 0.1) is 0 Å². The number of morpholine rings is 1. The minimum absolute atomic E-state index is 0.676. The molecule has 0 bridgehead atoms. The molecule has 4 heteroatoms. The van der Waals surface area contributed by atoms with E-state index in [1.165, 1.54) is 6.42 Å². The summed E-state index contributed by atoms with van der Waals surface area (Å²) >= 11 is 0. The number of aldehydes is 1. The monoisotopic (exact) mass is 212 g/mol. The first kappa shape index (κ1) is 11.0. The van der Waals surface area contributed by atoms with Crippen molar-refractivity contribution in [1.29, 1.82) is 0 Å². The summed E-state index contributed by atoms with van der Waals surface area (Å²) < 4.78 is 5.35. The molecular weight excluding hydrogens is 192 g/mol. The van der Waals surface area contributed by atoms with E-state index < -0.39 is 0 Å². The molecular formula is C11H20N2O2. The van der Waals surface area contributed by atoms with Gasteiger partial charge in [-0.1, -0.05) is 0 Å². The predicted octanol–water partition coefficient (Wildman–Crippen LogP) is -0.0181. The molecule has 0 aromatic heterocycles. The van der Waals surface area contributed by atoms with E-state index in [1.807, 2.05) is 0 Å². The predicted molar refractivity (Wildman–Crippen MR) is 57.9 cm³/mol. The van der Waals surface area contributed by atoms with Crippen molar-refractivity contribution in [1.82, 2.24) is 9.80 Å². The van der Waals surface area contributed by atoms with Crippen LogP contribution in [0.2, 0.25) is 0 Å². The maximum Gasteiger partial charge on any atom is 0.121 e. The highest BCUT2D eigenvalue weighted by Gasteiger charge is 2.27. The van der Waals surface area contributed by atoms with Crippen LogP contribution in [0.3, 0.4) is 0 Å². The highest BCUT2D eigenvalue weighted by Crippen LogP contribution is 2.16. The van der Waals surface area contributed by atoms with Crippen molar-refractivity contribution in [2.45, 2.75) is 18.9 Å². The van der Waals surface area contributed by atoms with Crippen LogP contribution < -0.4 is 0 Å². The first-order chi connectivity index (χ1) is 7.40. The van der Waals surface area contributed by atoms with Gasteiger partial charge in [-0.2, -0.15) is 0 Å². The molecule has 2 aliphatic rings. The van der Waals surface area contributed by atoms with Crippen molar-refractivity contribution in [3.05, 3.63) is 0 Å². The second-order valence-corrected chi connectivity index (χ2v) is 4.35. The fourth-order valence-corrected chi connectivity index (χ4v) is 2.49. The maximum atomic E-state index is 10.3. The van der Waals surface area contributed by atoms with E-state index in [0.29, 0.717) is 12.5 Å². The highest BCUT2D eigenvalue weighted by atomic mass is 16.5. The molecule has 2 heterocycles. The summed E-state index contributed by atoms with van der Waals surface area (Å²) in [6, 6.07) is 0.695. The number of ether oxygens (including phenoxy) is 1. The molecule has 2 fully saturated rings. The van der Waals surface area contributed by atoms with Crippen molar-refractivity contribution >= 4 is 6.29 Å². The number of rotatable bonds is 4. The fourth-order valence-electron chi connectivity index (χ4n) is 2.49. The summed E-state index contributed by atoms with van der Waals surface area (Å²) in [4.78, 5) is 15.2. The third-order valence-corrected chi connectivity index (χ3v) is 3.37. The van der Waals surface area contributed by atoms with Crippen LogP contribution in [0.5, 0.6) is 0 Å². The van der Waals surface area contributed by atoms with Gasteiger partial charge in [0.25, 0.3) is 0 Å². The van der Waals surface area contributed by atoms with Crippen LogP contribution in [0.1, 0.15) is 12.8 Å². The molecule has 0 aromatic carbocycles. The summed E-state index contributed by atoms with van der Waals surface area (Å²) in [6.07, 6.45) is 2.94. The molecule has 0 N–H and O–H groups in total. The molecule has 86 valence electrons. The van der Waals surface area contributed by atoms with E-state index in [2.05, 4.69) is 9.80 Å². The Morgan fingerprint density at radius 3 is 2.80 bits per heavy atom. The van der Waals surface area contributed by atoms with E-state index in [4.69, 9.17) is 4.74 Å². The smallest absolute Gasteiger partial charge is 0.121 e. The fraction of sp³-hybridized carbons (Fsp3) is 0.909. The number of carbonyl (C=O) groups excluding carboxylic acids is 1. The van der Waals surface area contributed by atoms with E-state index in [1.54, 1.807) is 0 Å². The Balaban J connectivity index is 1.73. The van der Waals surface area contributed by atoms with Crippen molar-refractivity contribution in [3.8, 4) is 0 Å². The number of likely N-dealkylation sites (tertiary alicyclic amines) is 1. The van der Waals surface area contributed by atoms with Crippen LogP contribution in [-0.2, 0) is 9.53 Å². The van der Waals surface area contributed by atoms with Gasteiger partial charge in [-0.05, 0) is 13.0 Å². The van der Waals surface area contributed by atoms with Gasteiger partial charge < -0.3 is 14.4 Å². The summed E-state index contributed by atoms with van der Waals surface area (Å²) in [5.41, 5.74) is 0. The summed E-state index contributed by atoms with van der Waals surface area (Å²) in [5, 5.41) is 0. The normalized spacial score (nSPS) is 29.5. The van der Waals surface area contributed by atoms with Crippen LogP contribution in [-0.4, -0.2) is 68.1 Å². The van der Waals surface area contributed by atoms with Crippen LogP contribution in [0.4, 0.5) is 0 Å². The number of hydrogen-bond donors (Lipinski definition) is 0. The molecule has 2 rings (SSSR count). The number of hydrogen-bond acceptors (Lipinski definition) is 4. The Morgan fingerprint density at radius 2 is 2.07 bits per heavy atom. The van der Waals surface area contributed by atoms with Crippen molar-refractivity contribution < 1.29 is 9.53 Å². The van der Waals surface area contributed by atoms with Gasteiger partial charge in [0.1, 0.15) is 6.29 Å². The van der Waals surface area contributed by atoms with Gasteiger partial charge in [-0.3, -0.25) is 4.90 Å². The molecule has 0 saturated carbocycles.